The van der Waals surface area contributed by atoms with Crippen molar-refractivity contribution < 1.29 is 4.74 Å². The second-order valence-corrected chi connectivity index (χ2v) is 6.65. The standard InChI is InChI=1S/C16H18Cl2N2O/c1-16(2,3)14-6-10(9-19)7-15(20-14)21-11-4-5-12(17)13(18)8-11/h4-8H,9,19H2,1-3H3. The summed E-state index contributed by atoms with van der Waals surface area (Å²) in [6.45, 7) is 6.72. The lowest BCUT2D eigenvalue weighted by molar-refractivity contribution is 0.450. The number of aromatic nitrogens is 1. The molecule has 1 aromatic carbocycles. The van der Waals surface area contributed by atoms with E-state index in [1.165, 1.54) is 0 Å². The monoisotopic (exact) mass is 324 g/mol. The van der Waals surface area contributed by atoms with Crippen LogP contribution in [0.3, 0.4) is 0 Å². The summed E-state index contributed by atoms with van der Waals surface area (Å²) < 4.78 is 5.78. The molecular formula is C16H18Cl2N2O. The van der Waals surface area contributed by atoms with Crippen LogP contribution in [0.25, 0.3) is 0 Å². The highest BCUT2D eigenvalue weighted by Crippen LogP contribution is 2.30. The molecule has 112 valence electrons. The number of pyridine rings is 1. The van der Waals surface area contributed by atoms with Crippen molar-refractivity contribution in [3.63, 3.8) is 0 Å². The molecule has 0 aliphatic heterocycles. The number of nitrogens with two attached hydrogens (primary N) is 1. The van der Waals surface area contributed by atoms with Gasteiger partial charge in [0, 0.05) is 24.1 Å². The molecule has 2 rings (SSSR count). The van der Waals surface area contributed by atoms with Crippen LogP contribution in [0, 0.1) is 0 Å². The topological polar surface area (TPSA) is 48.1 Å². The quantitative estimate of drug-likeness (QED) is 0.870. The molecule has 0 atom stereocenters. The van der Waals surface area contributed by atoms with Gasteiger partial charge in [0.2, 0.25) is 5.88 Å². The van der Waals surface area contributed by atoms with E-state index in [2.05, 4.69) is 25.8 Å². The number of nitrogens with zero attached hydrogens (tertiary/aromatic N) is 1. The molecule has 1 aromatic heterocycles. The largest absolute Gasteiger partial charge is 0.439 e. The average Bonchev–Trinajstić information content (AvgIpc) is 2.41. The Morgan fingerprint density at radius 3 is 2.38 bits per heavy atom. The van der Waals surface area contributed by atoms with E-state index in [4.69, 9.17) is 33.7 Å². The predicted molar refractivity (Wildman–Crippen MR) is 87.4 cm³/mol. The Morgan fingerprint density at radius 2 is 1.81 bits per heavy atom. The highest BCUT2D eigenvalue weighted by molar-refractivity contribution is 6.42. The Labute approximate surface area is 135 Å². The van der Waals surface area contributed by atoms with Gasteiger partial charge in [0.05, 0.1) is 15.7 Å². The van der Waals surface area contributed by atoms with Crippen molar-refractivity contribution in [1.82, 2.24) is 4.98 Å². The van der Waals surface area contributed by atoms with Crippen LogP contribution in [0.2, 0.25) is 10.0 Å². The van der Waals surface area contributed by atoms with Gasteiger partial charge in [0.15, 0.2) is 0 Å². The van der Waals surface area contributed by atoms with Crippen LogP contribution >= 0.6 is 23.2 Å². The maximum atomic E-state index is 5.99. The Bertz CT molecular complexity index is 651. The molecule has 2 N–H and O–H groups in total. The first-order chi connectivity index (χ1) is 9.79. The summed E-state index contributed by atoms with van der Waals surface area (Å²) in [5.41, 5.74) is 7.57. The Kier molecular flexibility index (Phi) is 4.77. The molecule has 21 heavy (non-hydrogen) atoms. The lowest BCUT2D eigenvalue weighted by Gasteiger charge is -2.19. The summed E-state index contributed by atoms with van der Waals surface area (Å²) in [4.78, 5) is 4.55. The van der Waals surface area contributed by atoms with Crippen molar-refractivity contribution in [2.45, 2.75) is 32.7 Å². The van der Waals surface area contributed by atoms with Gasteiger partial charge in [-0.2, -0.15) is 0 Å². The van der Waals surface area contributed by atoms with Gasteiger partial charge in [0.1, 0.15) is 5.75 Å². The molecule has 1 heterocycles. The minimum atomic E-state index is -0.0824. The lowest BCUT2D eigenvalue weighted by Crippen LogP contribution is -2.15. The minimum absolute atomic E-state index is 0.0824. The highest BCUT2D eigenvalue weighted by atomic mass is 35.5. The Hall–Kier alpha value is -1.29. The third kappa shape index (κ3) is 4.10. The van der Waals surface area contributed by atoms with Gasteiger partial charge in [-0.15, -0.1) is 0 Å². The molecule has 0 amide bonds. The van der Waals surface area contributed by atoms with E-state index < -0.39 is 0 Å². The van der Waals surface area contributed by atoms with E-state index in [1.54, 1.807) is 18.2 Å². The van der Waals surface area contributed by atoms with Gasteiger partial charge >= 0.3 is 0 Å². The van der Waals surface area contributed by atoms with Gasteiger partial charge in [0.25, 0.3) is 0 Å². The summed E-state index contributed by atoms with van der Waals surface area (Å²) in [6.07, 6.45) is 0. The molecule has 0 unspecified atom stereocenters. The molecule has 0 spiro atoms. The van der Waals surface area contributed by atoms with Crippen LogP contribution < -0.4 is 10.5 Å². The summed E-state index contributed by atoms with van der Waals surface area (Å²) in [7, 11) is 0. The average molecular weight is 325 g/mol. The fourth-order valence-corrected chi connectivity index (χ4v) is 2.06. The zero-order valence-electron chi connectivity index (χ0n) is 12.3. The van der Waals surface area contributed by atoms with Crippen LogP contribution in [0.4, 0.5) is 0 Å². The van der Waals surface area contributed by atoms with E-state index >= 15 is 0 Å². The Balaban J connectivity index is 2.36. The number of hydrogen-bond acceptors (Lipinski definition) is 3. The summed E-state index contributed by atoms with van der Waals surface area (Å²) in [6, 6.07) is 8.94. The third-order valence-corrected chi connectivity index (χ3v) is 3.72. The van der Waals surface area contributed by atoms with Crippen molar-refractivity contribution in [1.29, 1.82) is 0 Å². The first kappa shape index (κ1) is 16.1. The zero-order valence-corrected chi connectivity index (χ0v) is 13.8. The minimum Gasteiger partial charge on any atom is -0.439 e. The molecule has 0 fully saturated rings. The maximum absolute atomic E-state index is 5.99. The van der Waals surface area contributed by atoms with E-state index in [1.807, 2.05) is 12.1 Å². The molecule has 0 radical (unpaired) electrons. The third-order valence-electron chi connectivity index (χ3n) is 2.98. The summed E-state index contributed by atoms with van der Waals surface area (Å²) in [5.74, 6) is 1.09. The number of hydrogen-bond donors (Lipinski definition) is 1. The SMILES string of the molecule is CC(C)(C)c1cc(CN)cc(Oc2ccc(Cl)c(Cl)c2)n1. The Morgan fingerprint density at radius 1 is 1.10 bits per heavy atom. The zero-order chi connectivity index (χ0) is 15.6. The van der Waals surface area contributed by atoms with Gasteiger partial charge < -0.3 is 10.5 Å². The molecule has 0 saturated carbocycles. The second-order valence-electron chi connectivity index (χ2n) is 5.83. The van der Waals surface area contributed by atoms with Crippen LogP contribution in [0.1, 0.15) is 32.0 Å². The number of rotatable bonds is 3. The lowest BCUT2D eigenvalue weighted by atomic mass is 9.91. The van der Waals surface area contributed by atoms with Crippen molar-refractivity contribution in [2.24, 2.45) is 5.73 Å². The number of benzene rings is 1. The molecule has 5 heteroatoms. The second kappa shape index (κ2) is 6.22. The summed E-state index contributed by atoms with van der Waals surface area (Å²) >= 11 is 11.9. The van der Waals surface area contributed by atoms with Crippen molar-refractivity contribution in [3.8, 4) is 11.6 Å². The van der Waals surface area contributed by atoms with Gasteiger partial charge in [-0.25, -0.2) is 4.98 Å². The fourth-order valence-electron chi connectivity index (χ4n) is 1.77. The van der Waals surface area contributed by atoms with Crippen molar-refractivity contribution >= 4 is 23.2 Å². The molecule has 0 bridgehead atoms. The van der Waals surface area contributed by atoms with Gasteiger partial charge in [-0.3, -0.25) is 0 Å². The molecule has 0 saturated heterocycles. The smallest absolute Gasteiger partial charge is 0.219 e. The maximum Gasteiger partial charge on any atom is 0.219 e. The fraction of sp³-hybridized carbons (Fsp3) is 0.312. The van der Waals surface area contributed by atoms with Gasteiger partial charge in [-0.1, -0.05) is 44.0 Å². The number of halogens is 2. The van der Waals surface area contributed by atoms with Crippen molar-refractivity contribution in [2.75, 3.05) is 0 Å². The van der Waals surface area contributed by atoms with Crippen LogP contribution in [-0.2, 0) is 12.0 Å². The van der Waals surface area contributed by atoms with E-state index in [-0.39, 0.29) is 5.41 Å². The van der Waals surface area contributed by atoms with E-state index in [0.29, 0.717) is 28.2 Å². The number of ether oxygens (including phenoxy) is 1. The summed E-state index contributed by atoms with van der Waals surface area (Å²) in [5, 5.41) is 0.934. The van der Waals surface area contributed by atoms with E-state index in [0.717, 1.165) is 11.3 Å². The molecule has 3 nitrogen and oxygen atoms in total. The molecular weight excluding hydrogens is 307 g/mol. The first-order valence-corrected chi connectivity index (χ1v) is 7.39. The van der Waals surface area contributed by atoms with Crippen molar-refractivity contribution in [3.05, 3.63) is 51.6 Å². The van der Waals surface area contributed by atoms with Gasteiger partial charge in [-0.05, 0) is 23.8 Å². The highest BCUT2D eigenvalue weighted by Gasteiger charge is 2.17. The van der Waals surface area contributed by atoms with Crippen LogP contribution in [0.5, 0.6) is 11.6 Å². The van der Waals surface area contributed by atoms with E-state index in [9.17, 15) is 0 Å². The predicted octanol–water partition coefficient (Wildman–Crippen LogP) is 4.94. The first-order valence-electron chi connectivity index (χ1n) is 6.64. The van der Waals surface area contributed by atoms with Crippen LogP contribution in [-0.4, -0.2) is 4.98 Å². The molecule has 2 aromatic rings. The normalized spacial score (nSPS) is 11.5. The molecule has 0 aliphatic carbocycles. The van der Waals surface area contributed by atoms with Crippen LogP contribution in [0.15, 0.2) is 30.3 Å². The molecule has 0 aliphatic rings.